The first-order valence-corrected chi connectivity index (χ1v) is 4.47. The van der Waals surface area contributed by atoms with E-state index in [1.807, 2.05) is 0 Å². The molecule has 1 amide bonds. The summed E-state index contributed by atoms with van der Waals surface area (Å²) in [5.74, 6) is -0.467. The number of carbonyl (C=O) groups excluding carboxylic acids is 1. The Morgan fingerprint density at radius 1 is 1.40 bits per heavy atom. The van der Waals surface area contributed by atoms with Crippen molar-refractivity contribution in [3.8, 4) is 0 Å². The molecule has 0 spiro atoms. The molecule has 6 nitrogen and oxygen atoms in total. The molecule has 15 heavy (non-hydrogen) atoms. The molecule has 82 valence electrons. The number of aromatic nitrogens is 2. The van der Waals surface area contributed by atoms with Crippen molar-refractivity contribution < 1.29 is 4.79 Å². The molecule has 1 heterocycles. The monoisotopic (exact) mass is 211 g/mol. The van der Waals surface area contributed by atoms with Crippen LogP contribution in [0.1, 0.15) is 12.0 Å². The molecule has 1 rings (SSSR count). The minimum Gasteiger partial charge on any atom is -0.370 e. The van der Waals surface area contributed by atoms with Crippen molar-refractivity contribution in [2.75, 3.05) is 0 Å². The van der Waals surface area contributed by atoms with E-state index in [0.717, 1.165) is 4.57 Å². The normalized spacial score (nSPS) is 10.3. The van der Waals surface area contributed by atoms with Gasteiger partial charge in [0.1, 0.15) is 0 Å². The Kier molecular flexibility index (Phi) is 3.08. The largest absolute Gasteiger partial charge is 0.370 e. The van der Waals surface area contributed by atoms with Gasteiger partial charge in [0.05, 0.1) is 0 Å². The molecule has 2 N–H and O–H groups in total. The SMILES string of the molecule is Cn1cc(CCC(N)=O)c(=O)n(C)c1=O. The topological polar surface area (TPSA) is 87.1 Å². The molecule has 0 unspecified atom stereocenters. The summed E-state index contributed by atoms with van der Waals surface area (Å²) in [5, 5.41) is 0. The van der Waals surface area contributed by atoms with Crippen molar-refractivity contribution in [2.45, 2.75) is 12.8 Å². The predicted octanol–water partition coefficient (Wildman–Crippen LogP) is -1.50. The van der Waals surface area contributed by atoms with Crippen molar-refractivity contribution in [3.05, 3.63) is 32.6 Å². The van der Waals surface area contributed by atoms with Gasteiger partial charge >= 0.3 is 5.69 Å². The number of rotatable bonds is 3. The molecule has 0 aliphatic carbocycles. The van der Waals surface area contributed by atoms with Crippen LogP contribution >= 0.6 is 0 Å². The summed E-state index contributed by atoms with van der Waals surface area (Å²) in [6.45, 7) is 0. The van der Waals surface area contributed by atoms with E-state index in [1.165, 1.54) is 17.8 Å². The zero-order chi connectivity index (χ0) is 11.6. The van der Waals surface area contributed by atoms with Crippen molar-refractivity contribution in [3.63, 3.8) is 0 Å². The zero-order valence-corrected chi connectivity index (χ0v) is 8.69. The van der Waals surface area contributed by atoms with Crippen molar-refractivity contribution >= 4 is 5.91 Å². The maximum absolute atomic E-state index is 11.6. The van der Waals surface area contributed by atoms with Gasteiger partial charge in [-0.2, -0.15) is 0 Å². The number of primary amides is 1. The predicted molar refractivity (Wildman–Crippen MR) is 54.4 cm³/mol. The Morgan fingerprint density at radius 2 is 2.00 bits per heavy atom. The Morgan fingerprint density at radius 3 is 2.53 bits per heavy atom. The molecule has 0 aromatic carbocycles. The van der Waals surface area contributed by atoms with E-state index in [9.17, 15) is 14.4 Å². The van der Waals surface area contributed by atoms with Crippen molar-refractivity contribution in [2.24, 2.45) is 19.8 Å². The summed E-state index contributed by atoms with van der Waals surface area (Å²) < 4.78 is 2.31. The summed E-state index contributed by atoms with van der Waals surface area (Å²) in [6, 6.07) is 0. The fourth-order valence-corrected chi connectivity index (χ4v) is 1.31. The highest BCUT2D eigenvalue weighted by Crippen LogP contribution is 1.93. The second-order valence-corrected chi connectivity index (χ2v) is 3.38. The van der Waals surface area contributed by atoms with Crippen LogP contribution in [0.3, 0.4) is 0 Å². The van der Waals surface area contributed by atoms with Gasteiger partial charge in [-0.1, -0.05) is 0 Å². The highest BCUT2D eigenvalue weighted by molar-refractivity contribution is 5.73. The van der Waals surface area contributed by atoms with Gasteiger partial charge < -0.3 is 10.3 Å². The molecule has 0 aliphatic rings. The van der Waals surface area contributed by atoms with E-state index in [0.29, 0.717) is 5.56 Å². The average molecular weight is 211 g/mol. The quantitative estimate of drug-likeness (QED) is 0.660. The van der Waals surface area contributed by atoms with Gasteiger partial charge in [-0.15, -0.1) is 0 Å². The fraction of sp³-hybridized carbons (Fsp3) is 0.444. The molecule has 6 heteroatoms. The maximum atomic E-state index is 11.6. The molecule has 0 fully saturated rings. The third-order valence-corrected chi connectivity index (χ3v) is 2.16. The van der Waals surface area contributed by atoms with E-state index in [1.54, 1.807) is 7.05 Å². The lowest BCUT2D eigenvalue weighted by Crippen LogP contribution is -2.38. The first kappa shape index (κ1) is 11.2. The molecule has 0 saturated carbocycles. The maximum Gasteiger partial charge on any atom is 0.330 e. The summed E-state index contributed by atoms with van der Waals surface area (Å²) >= 11 is 0. The number of amides is 1. The lowest BCUT2D eigenvalue weighted by Gasteiger charge is -2.05. The number of nitrogens with two attached hydrogens (primary N) is 1. The smallest absolute Gasteiger partial charge is 0.330 e. The fourth-order valence-electron chi connectivity index (χ4n) is 1.31. The Hall–Kier alpha value is -1.85. The van der Waals surface area contributed by atoms with Crippen LogP contribution in [0.15, 0.2) is 15.8 Å². The molecular formula is C9H13N3O3. The molecule has 0 aliphatic heterocycles. The highest BCUT2D eigenvalue weighted by atomic mass is 16.2. The van der Waals surface area contributed by atoms with Gasteiger partial charge in [0.25, 0.3) is 5.56 Å². The van der Waals surface area contributed by atoms with E-state index in [4.69, 9.17) is 5.73 Å². The summed E-state index contributed by atoms with van der Waals surface area (Å²) in [6.07, 6.45) is 1.80. The van der Waals surface area contributed by atoms with E-state index in [-0.39, 0.29) is 24.1 Å². The van der Waals surface area contributed by atoms with Gasteiger partial charge in [-0.05, 0) is 6.42 Å². The number of hydrogen-bond donors (Lipinski definition) is 1. The Labute approximate surface area is 85.9 Å². The molecule has 0 radical (unpaired) electrons. The van der Waals surface area contributed by atoms with Crippen LogP contribution in [0.5, 0.6) is 0 Å². The first-order chi connectivity index (χ1) is 6.93. The Bertz CT molecular complexity index is 498. The van der Waals surface area contributed by atoms with E-state index in [2.05, 4.69) is 0 Å². The van der Waals surface area contributed by atoms with Crippen LogP contribution < -0.4 is 17.0 Å². The summed E-state index contributed by atoms with van der Waals surface area (Å²) in [7, 11) is 2.95. The second-order valence-electron chi connectivity index (χ2n) is 3.38. The molecule has 0 atom stereocenters. The van der Waals surface area contributed by atoms with Gasteiger partial charge in [0.2, 0.25) is 5.91 Å². The van der Waals surface area contributed by atoms with Crippen LogP contribution in [0.4, 0.5) is 0 Å². The van der Waals surface area contributed by atoms with Crippen LogP contribution in [0.2, 0.25) is 0 Å². The minimum atomic E-state index is -0.467. The molecule has 1 aromatic rings. The number of nitrogens with zero attached hydrogens (tertiary/aromatic N) is 2. The van der Waals surface area contributed by atoms with E-state index >= 15 is 0 Å². The average Bonchev–Trinajstić information content (AvgIpc) is 2.18. The second kappa shape index (κ2) is 4.12. The lowest BCUT2D eigenvalue weighted by atomic mass is 10.2. The van der Waals surface area contributed by atoms with Gasteiger partial charge in [0.15, 0.2) is 0 Å². The molecule has 1 aromatic heterocycles. The molecule has 0 bridgehead atoms. The number of aryl methyl sites for hydroxylation is 2. The standard InChI is InChI=1S/C9H13N3O3/c1-11-5-6(3-4-7(10)13)8(14)12(2)9(11)15/h5H,3-4H2,1-2H3,(H2,10,13). The summed E-state index contributed by atoms with van der Waals surface area (Å²) in [4.78, 5) is 33.4. The zero-order valence-electron chi connectivity index (χ0n) is 8.69. The number of carbonyl (C=O) groups is 1. The summed E-state index contributed by atoms with van der Waals surface area (Å²) in [5.41, 5.74) is 4.63. The van der Waals surface area contributed by atoms with E-state index < -0.39 is 5.91 Å². The molecular weight excluding hydrogens is 198 g/mol. The van der Waals surface area contributed by atoms with Crippen LogP contribution in [-0.2, 0) is 25.3 Å². The van der Waals surface area contributed by atoms with Crippen molar-refractivity contribution in [1.82, 2.24) is 9.13 Å². The minimum absolute atomic E-state index is 0.105. The van der Waals surface area contributed by atoms with Crippen molar-refractivity contribution in [1.29, 1.82) is 0 Å². The van der Waals surface area contributed by atoms with Crippen LogP contribution in [0.25, 0.3) is 0 Å². The number of hydrogen-bond acceptors (Lipinski definition) is 3. The lowest BCUT2D eigenvalue weighted by molar-refractivity contribution is -0.117. The molecule has 0 saturated heterocycles. The first-order valence-electron chi connectivity index (χ1n) is 4.47. The van der Waals surface area contributed by atoms with Gasteiger partial charge in [0, 0.05) is 32.3 Å². The third-order valence-electron chi connectivity index (χ3n) is 2.16. The van der Waals surface area contributed by atoms with Gasteiger partial charge in [-0.3, -0.25) is 14.2 Å². The van der Waals surface area contributed by atoms with Crippen LogP contribution in [0, 0.1) is 0 Å². The Balaban J connectivity index is 3.16. The van der Waals surface area contributed by atoms with Gasteiger partial charge in [-0.25, -0.2) is 4.79 Å². The van der Waals surface area contributed by atoms with Crippen LogP contribution in [-0.4, -0.2) is 15.0 Å². The highest BCUT2D eigenvalue weighted by Gasteiger charge is 2.07. The third kappa shape index (κ3) is 2.34.